The fourth-order valence-corrected chi connectivity index (χ4v) is 2.20. The van der Waals surface area contributed by atoms with Crippen LogP contribution in [-0.4, -0.2) is 36.7 Å². The molecule has 2 N–H and O–H groups in total. The van der Waals surface area contributed by atoms with Crippen LogP contribution in [0, 0.1) is 0 Å². The molecule has 17 heavy (non-hydrogen) atoms. The van der Waals surface area contributed by atoms with Crippen LogP contribution in [0.5, 0.6) is 0 Å². The normalized spacial score (nSPS) is 25.3. The van der Waals surface area contributed by atoms with Crippen LogP contribution in [0.25, 0.3) is 0 Å². The summed E-state index contributed by atoms with van der Waals surface area (Å²) in [4.78, 5) is 11.7. The zero-order valence-electron chi connectivity index (χ0n) is 11.5. The van der Waals surface area contributed by atoms with Gasteiger partial charge in [-0.2, -0.15) is 0 Å². The molecule has 0 aromatic heterocycles. The monoisotopic (exact) mass is 242 g/mol. The number of nitrogens with one attached hydrogen (secondary N) is 2. The molecule has 4 nitrogen and oxygen atoms in total. The van der Waals surface area contributed by atoms with Crippen LogP contribution in [0.15, 0.2) is 0 Å². The van der Waals surface area contributed by atoms with Gasteiger partial charge in [-0.3, -0.25) is 4.79 Å². The summed E-state index contributed by atoms with van der Waals surface area (Å²) in [6, 6.07) is 0.251. The van der Waals surface area contributed by atoms with Crippen molar-refractivity contribution in [1.29, 1.82) is 0 Å². The maximum Gasteiger partial charge on any atom is 0.236 e. The Hall–Kier alpha value is -0.610. The Kier molecular flexibility index (Phi) is 5.40. The van der Waals surface area contributed by atoms with Gasteiger partial charge in [-0.1, -0.05) is 6.92 Å². The highest BCUT2D eigenvalue weighted by atomic mass is 16.5. The zero-order chi connectivity index (χ0) is 12.9. The largest absolute Gasteiger partial charge is 0.375 e. The molecule has 0 saturated carbocycles. The summed E-state index contributed by atoms with van der Waals surface area (Å²) in [5.41, 5.74) is -0.0739. The molecule has 2 atom stereocenters. The Labute approximate surface area is 104 Å². The van der Waals surface area contributed by atoms with E-state index in [1.807, 2.05) is 6.92 Å². The van der Waals surface area contributed by atoms with Crippen molar-refractivity contribution in [2.75, 3.05) is 13.2 Å². The first-order valence-corrected chi connectivity index (χ1v) is 6.62. The standard InChI is InChI=1S/C13H26N2O2/c1-5-7-14-12(16)10(2)15-11-6-8-17-13(3,4)9-11/h10-11,15H,5-9H2,1-4H3,(H,14,16). The quantitative estimate of drug-likeness (QED) is 0.767. The molecule has 0 aromatic carbocycles. The molecule has 1 fully saturated rings. The second kappa shape index (κ2) is 6.36. The zero-order valence-corrected chi connectivity index (χ0v) is 11.5. The predicted molar refractivity (Wildman–Crippen MR) is 69.0 cm³/mol. The molecule has 0 bridgehead atoms. The number of ether oxygens (including phenoxy) is 1. The maximum absolute atomic E-state index is 11.7. The first-order valence-electron chi connectivity index (χ1n) is 6.62. The summed E-state index contributed by atoms with van der Waals surface area (Å²) >= 11 is 0. The van der Waals surface area contributed by atoms with Crippen molar-refractivity contribution in [1.82, 2.24) is 10.6 Å². The van der Waals surface area contributed by atoms with Crippen LogP contribution < -0.4 is 10.6 Å². The second-order valence-corrected chi connectivity index (χ2v) is 5.48. The summed E-state index contributed by atoms with van der Waals surface area (Å²) < 4.78 is 5.66. The van der Waals surface area contributed by atoms with Crippen LogP contribution in [0.4, 0.5) is 0 Å². The Bertz CT molecular complexity index is 254. The van der Waals surface area contributed by atoms with E-state index in [0.717, 1.165) is 32.4 Å². The molecule has 1 aliphatic rings. The van der Waals surface area contributed by atoms with Crippen molar-refractivity contribution < 1.29 is 9.53 Å². The van der Waals surface area contributed by atoms with E-state index < -0.39 is 0 Å². The SMILES string of the molecule is CCCNC(=O)C(C)NC1CCOC(C)(C)C1. The number of rotatable bonds is 5. The van der Waals surface area contributed by atoms with Gasteiger partial charge in [0.1, 0.15) is 0 Å². The summed E-state index contributed by atoms with van der Waals surface area (Å²) in [5.74, 6) is 0.0937. The number of amides is 1. The third kappa shape index (κ3) is 5.04. The molecule has 1 amide bonds. The van der Waals surface area contributed by atoms with Gasteiger partial charge < -0.3 is 15.4 Å². The lowest BCUT2D eigenvalue weighted by Crippen LogP contribution is -2.51. The molecule has 1 aliphatic heterocycles. The lowest BCUT2D eigenvalue weighted by Gasteiger charge is -2.37. The summed E-state index contributed by atoms with van der Waals surface area (Å²) in [6.07, 6.45) is 2.91. The Balaban J connectivity index is 2.35. The van der Waals surface area contributed by atoms with Gasteiger partial charge in [-0.05, 0) is 40.0 Å². The molecule has 0 aromatic rings. The van der Waals surface area contributed by atoms with Crippen LogP contribution >= 0.6 is 0 Å². The summed E-state index contributed by atoms with van der Waals surface area (Å²) in [5, 5.41) is 6.30. The van der Waals surface area contributed by atoms with Crippen LogP contribution in [0.3, 0.4) is 0 Å². The highest BCUT2D eigenvalue weighted by Crippen LogP contribution is 2.24. The van der Waals surface area contributed by atoms with Gasteiger partial charge in [-0.15, -0.1) is 0 Å². The van der Waals surface area contributed by atoms with E-state index in [0.29, 0.717) is 6.04 Å². The van der Waals surface area contributed by atoms with Crippen molar-refractivity contribution in [3.63, 3.8) is 0 Å². The smallest absolute Gasteiger partial charge is 0.236 e. The molecule has 2 unspecified atom stereocenters. The molecule has 100 valence electrons. The molecular formula is C13H26N2O2. The average molecular weight is 242 g/mol. The Morgan fingerprint density at radius 1 is 1.53 bits per heavy atom. The van der Waals surface area contributed by atoms with Gasteiger partial charge >= 0.3 is 0 Å². The lowest BCUT2D eigenvalue weighted by molar-refractivity contribution is -0.123. The molecule has 0 radical (unpaired) electrons. The third-order valence-corrected chi connectivity index (χ3v) is 3.13. The van der Waals surface area contributed by atoms with Gasteiger partial charge in [-0.25, -0.2) is 0 Å². The lowest BCUT2D eigenvalue weighted by atomic mass is 9.93. The molecule has 0 spiro atoms. The second-order valence-electron chi connectivity index (χ2n) is 5.48. The first-order chi connectivity index (χ1) is 7.94. The molecular weight excluding hydrogens is 216 g/mol. The maximum atomic E-state index is 11.7. The van der Waals surface area contributed by atoms with Crippen LogP contribution in [0.2, 0.25) is 0 Å². The third-order valence-electron chi connectivity index (χ3n) is 3.13. The Morgan fingerprint density at radius 3 is 2.82 bits per heavy atom. The van der Waals surface area contributed by atoms with E-state index in [2.05, 4.69) is 31.4 Å². The van der Waals surface area contributed by atoms with Crippen molar-refractivity contribution >= 4 is 5.91 Å². The summed E-state index contributed by atoms with van der Waals surface area (Å²) in [6.45, 7) is 9.70. The molecule has 0 aliphatic carbocycles. The minimum absolute atomic E-state index is 0.0739. The minimum Gasteiger partial charge on any atom is -0.375 e. The fourth-order valence-electron chi connectivity index (χ4n) is 2.20. The van der Waals surface area contributed by atoms with Gasteiger partial charge in [0.2, 0.25) is 5.91 Å². The van der Waals surface area contributed by atoms with Crippen LogP contribution in [-0.2, 0) is 9.53 Å². The van der Waals surface area contributed by atoms with E-state index in [-0.39, 0.29) is 17.6 Å². The van der Waals surface area contributed by atoms with Crippen molar-refractivity contribution in [2.24, 2.45) is 0 Å². The van der Waals surface area contributed by atoms with E-state index in [4.69, 9.17) is 4.74 Å². The highest BCUT2D eigenvalue weighted by molar-refractivity contribution is 5.81. The van der Waals surface area contributed by atoms with Gasteiger partial charge in [0.25, 0.3) is 0 Å². The fraction of sp³-hybridized carbons (Fsp3) is 0.923. The van der Waals surface area contributed by atoms with E-state index in [1.54, 1.807) is 0 Å². The molecule has 1 rings (SSSR count). The number of hydrogen-bond acceptors (Lipinski definition) is 3. The topological polar surface area (TPSA) is 50.4 Å². The van der Waals surface area contributed by atoms with Crippen molar-refractivity contribution in [2.45, 2.75) is 64.6 Å². The van der Waals surface area contributed by atoms with Crippen molar-refractivity contribution in [3.8, 4) is 0 Å². The van der Waals surface area contributed by atoms with E-state index >= 15 is 0 Å². The van der Waals surface area contributed by atoms with Crippen molar-refractivity contribution in [3.05, 3.63) is 0 Å². The number of carbonyl (C=O) groups is 1. The molecule has 4 heteroatoms. The summed E-state index contributed by atoms with van der Waals surface area (Å²) in [7, 11) is 0. The highest BCUT2D eigenvalue weighted by Gasteiger charge is 2.30. The Morgan fingerprint density at radius 2 is 2.24 bits per heavy atom. The number of carbonyl (C=O) groups excluding carboxylic acids is 1. The first kappa shape index (κ1) is 14.5. The van der Waals surface area contributed by atoms with Crippen LogP contribution in [0.1, 0.15) is 47.0 Å². The van der Waals surface area contributed by atoms with Gasteiger partial charge in [0, 0.05) is 19.2 Å². The molecule has 1 saturated heterocycles. The van der Waals surface area contributed by atoms with E-state index in [1.165, 1.54) is 0 Å². The van der Waals surface area contributed by atoms with Gasteiger partial charge in [0.15, 0.2) is 0 Å². The molecule has 1 heterocycles. The number of hydrogen-bond donors (Lipinski definition) is 2. The minimum atomic E-state index is -0.125. The average Bonchev–Trinajstić information content (AvgIpc) is 2.24. The predicted octanol–water partition coefficient (Wildman–Crippen LogP) is 1.45. The van der Waals surface area contributed by atoms with Gasteiger partial charge in [0.05, 0.1) is 11.6 Å². The van der Waals surface area contributed by atoms with E-state index in [9.17, 15) is 4.79 Å².